The summed E-state index contributed by atoms with van der Waals surface area (Å²) in [6.07, 6.45) is 0.232. The second-order valence-electron chi connectivity index (χ2n) is 5.75. The van der Waals surface area contributed by atoms with E-state index in [1.54, 1.807) is 0 Å². The van der Waals surface area contributed by atoms with Gasteiger partial charge in [0.15, 0.2) is 0 Å². The maximum Gasteiger partial charge on any atom is 0.0766 e. The van der Waals surface area contributed by atoms with Crippen molar-refractivity contribution in [2.75, 3.05) is 19.7 Å². The minimum atomic E-state index is 0.232. The molecule has 0 aromatic heterocycles. The minimum absolute atomic E-state index is 0.232. The second-order valence-corrected chi connectivity index (χ2v) is 5.75. The Labute approximate surface area is 132 Å². The number of rotatable bonds is 7. The number of hydrogen-bond donors (Lipinski definition) is 1. The quantitative estimate of drug-likeness (QED) is 0.852. The highest BCUT2D eigenvalue weighted by Crippen LogP contribution is 2.16. The van der Waals surface area contributed by atoms with Gasteiger partial charge in [0, 0.05) is 19.0 Å². The SMILES string of the molecule is c1ccc(COC[C@H]2CNC[C@H]2OCc2ccccc2)cc1. The summed E-state index contributed by atoms with van der Waals surface area (Å²) in [5.74, 6) is 0.424. The van der Waals surface area contributed by atoms with Crippen LogP contribution in [0.5, 0.6) is 0 Å². The average Bonchev–Trinajstić information content (AvgIpc) is 3.02. The predicted molar refractivity (Wildman–Crippen MR) is 87.5 cm³/mol. The molecule has 116 valence electrons. The molecule has 0 amide bonds. The van der Waals surface area contributed by atoms with Crippen molar-refractivity contribution >= 4 is 0 Å². The van der Waals surface area contributed by atoms with Crippen molar-refractivity contribution in [3.05, 3.63) is 71.8 Å². The summed E-state index contributed by atoms with van der Waals surface area (Å²) in [5.41, 5.74) is 2.44. The second kappa shape index (κ2) is 8.08. The van der Waals surface area contributed by atoms with Crippen LogP contribution in [-0.2, 0) is 22.7 Å². The van der Waals surface area contributed by atoms with Crippen LogP contribution >= 0.6 is 0 Å². The van der Waals surface area contributed by atoms with E-state index in [1.807, 2.05) is 36.4 Å². The first-order valence-electron chi connectivity index (χ1n) is 7.90. The van der Waals surface area contributed by atoms with Gasteiger partial charge in [0.2, 0.25) is 0 Å². The van der Waals surface area contributed by atoms with E-state index in [0.717, 1.165) is 19.7 Å². The van der Waals surface area contributed by atoms with E-state index < -0.39 is 0 Å². The van der Waals surface area contributed by atoms with Gasteiger partial charge in [-0.1, -0.05) is 60.7 Å². The minimum Gasteiger partial charge on any atom is -0.376 e. The van der Waals surface area contributed by atoms with Gasteiger partial charge < -0.3 is 14.8 Å². The van der Waals surface area contributed by atoms with Crippen molar-refractivity contribution in [1.29, 1.82) is 0 Å². The molecule has 1 heterocycles. The van der Waals surface area contributed by atoms with E-state index in [9.17, 15) is 0 Å². The Bertz CT molecular complexity index is 544. The van der Waals surface area contributed by atoms with Gasteiger partial charge in [0.25, 0.3) is 0 Å². The molecule has 2 aromatic rings. The third-order valence-electron chi connectivity index (χ3n) is 4.03. The molecule has 1 N–H and O–H groups in total. The molecule has 0 spiro atoms. The van der Waals surface area contributed by atoms with Gasteiger partial charge in [-0.25, -0.2) is 0 Å². The molecule has 0 bridgehead atoms. The lowest BCUT2D eigenvalue weighted by Gasteiger charge is -2.19. The van der Waals surface area contributed by atoms with Crippen LogP contribution in [0.25, 0.3) is 0 Å². The van der Waals surface area contributed by atoms with Gasteiger partial charge in [0.05, 0.1) is 25.9 Å². The Morgan fingerprint density at radius 1 is 0.818 bits per heavy atom. The lowest BCUT2D eigenvalue weighted by molar-refractivity contribution is -0.00989. The van der Waals surface area contributed by atoms with Crippen molar-refractivity contribution in [3.8, 4) is 0 Å². The van der Waals surface area contributed by atoms with E-state index in [0.29, 0.717) is 19.1 Å². The van der Waals surface area contributed by atoms with Crippen molar-refractivity contribution in [2.45, 2.75) is 19.3 Å². The largest absolute Gasteiger partial charge is 0.376 e. The molecule has 22 heavy (non-hydrogen) atoms. The molecule has 1 aliphatic heterocycles. The monoisotopic (exact) mass is 297 g/mol. The Morgan fingerprint density at radius 3 is 2.14 bits per heavy atom. The Morgan fingerprint density at radius 2 is 1.45 bits per heavy atom. The zero-order valence-electron chi connectivity index (χ0n) is 12.8. The topological polar surface area (TPSA) is 30.5 Å². The smallest absolute Gasteiger partial charge is 0.0766 e. The molecule has 1 saturated heterocycles. The maximum atomic E-state index is 6.06. The van der Waals surface area contributed by atoms with Crippen LogP contribution in [0.15, 0.2) is 60.7 Å². The molecule has 2 aromatic carbocycles. The summed E-state index contributed by atoms with van der Waals surface area (Å²) in [7, 11) is 0. The van der Waals surface area contributed by atoms with E-state index in [4.69, 9.17) is 9.47 Å². The summed E-state index contributed by atoms with van der Waals surface area (Å²) in [6, 6.07) is 20.6. The average molecular weight is 297 g/mol. The molecule has 1 aliphatic rings. The van der Waals surface area contributed by atoms with Gasteiger partial charge in [-0.3, -0.25) is 0 Å². The lowest BCUT2D eigenvalue weighted by atomic mass is 10.1. The predicted octanol–water partition coefficient (Wildman–Crippen LogP) is 3.01. The van der Waals surface area contributed by atoms with E-state index in [-0.39, 0.29) is 6.10 Å². The van der Waals surface area contributed by atoms with Crippen LogP contribution < -0.4 is 5.32 Å². The molecule has 0 unspecified atom stereocenters. The standard InChI is InChI=1S/C19H23NO2/c1-3-7-16(8-4-1)13-21-15-18-11-20-12-19(18)22-14-17-9-5-2-6-10-17/h1-10,18-20H,11-15H2/t18-,19-/m1/s1. The van der Waals surface area contributed by atoms with Gasteiger partial charge in [-0.2, -0.15) is 0 Å². The molecular weight excluding hydrogens is 274 g/mol. The lowest BCUT2D eigenvalue weighted by Crippen LogP contribution is -2.26. The summed E-state index contributed by atoms with van der Waals surface area (Å²) in [6.45, 7) is 3.95. The Hall–Kier alpha value is -1.68. The Balaban J connectivity index is 1.42. The number of benzene rings is 2. The van der Waals surface area contributed by atoms with Crippen LogP contribution in [0.2, 0.25) is 0 Å². The van der Waals surface area contributed by atoms with Gasteiger partial charge in [-0.15, -0.1) is 0 Å². The fraction of sp³-hybridized carbons (Fsp3) is 0.368. The first kappa shape index (κ1) is 15.2. The van der Waals surface area contributed by atoms with E-state index in [2.05, 4.69) is 29.6 Å². The van der Waals surface area contributed by atoms with E-state index >= 15 is 0 Å². The molecule has 3 rings (SSSR count). The molecule has 0 radical (unpaired) electrons. The highest BCUT2D eigenvalue weighted by molar-refractivity contribution is 5.14. The zero-order chi connectivity index (χ0) is 15.0. The molecule has 3 heteroatoms. The van der Waals surface area contributed by atoms with Crippen molar-refractivity contribution in [2.24, 2.45) is 5.92 Å². The molecule has 2 atom stereocenters. The summed E-state index contributed by atoms with van der Waals surface area (Å²) in [5, 5.41) is 3.40. The van der Waals surface area contributed by atoms with Gasteiger partial charge in [0.1, 0.15) is 0 Å². The fourth-order valence-corrected chi connectivity index (χ4v) is 2.75. The van der Waals surface area contributed by atoms with E-state index in [1.165, 1.54) is 11.1 Å². The van der Waals surface area contributed by atoms with Crippen LogP contribution in [0.3, 0.4) is 0 Å². The highest BCUT2D eigenvalue weighted by Gasteiger charge is 2.27. The van der Waals surface area contributed by atoms with Crippen LogP contribution in [-0.4, -0.2) is 25.8 Å². The highest BCUT2D eigenvalue weighted by atomic mass is 16.5. The summed E-state index contributed by atoms with van der Waals surface area (Å²) < 4.78 is 11.9. The third-order valence-corrected chi connectivity index (χ3v) is 4.03. The summed E-state index contributed by atoms with van der Waals surface area (Å²) >= 11 is 0. The van der Waals surface area contributed by atoms with Crippen LogP contribution in [0.4, 0.5) is 0 Å². The number of hydrogen-bond acceptors (Lipinski definition) is 3. The van der Waals surface area contributed by atoms with Gasteiger partial charge >= 0.3 is 0 Å². The fourth-order valence-electron chi connectivity index (χ4n) is 2.75. The molecule has 3 nitrogen and oxygen atoms in total. The Kier molecular flexibility index (Phi) is 5.59. The maximum absolute atomic E-state index is 6.06. The third kappa shape index (κ3) is 4.41. The number of nitrogens with one attached hydrogen (secondary N) is 1. The molecule has 0 aliphatic carbocycles. The normalized spacial score (nSPS) is 21.1. The van der Waals surface area contributed by atoms with Gasteiger partial charge in [-0.05, 0) is 11.1 Å². The van der Waals surface area contributed by atoms with Crippen LogP contribution in [0, 0.1) is 5.92 Å². The molecule has 0 saturated carbocycles. The molecular formula is C19H23NO2. The molecule has 1 fully saturated rings. The van der Waals surface area contributed by atoms with Crippen LogP contribution in [0.1, 0.15) is 11.1 Å². The van der Waals surface area contributed by atoms with Crippen molar-refractivity contribution in [1.82, 2.24) is 5.32 Å². The summed E-state index contributed by atoms with van der Waals surface area (Å²) in [4.78, 5) is 0. The van der Waals surface area contributed by atoms with Crippen molar-refractivity contribution in [3.63, 3.8) is 0 Å². The first-order chi connectivity index (χ1) is 10.9. The number of ether oxygens (including phenoxy) is 2. The van der Waals surface area contributed by atoms with Crippen molar-refractivity contribution < 1.29 is 9.47 Å². The first-order valence-corrected chi connectivity index (χ1v) is 7.90. The zero-order valence-corrected chi connectivity index (χ0v) is 12.8.